The topological polar surface area (TPSA) is 74.5 Å². The molecule has 0 spiro atoms. The summed E-state index contributed by atoms with van der Waals surface area (Å²) >= 11 is 0. The fourth-order valence-corrected chi connectivity index (χ4v) is 1.52. The monoisotopic (exact) mass is 262 g/mol. The highest BCUT2D eigenvalue weighted by atomic mass is 16.5. The highest BCUT2D eigenvalue weighted by Crippen LogP contribution is 2.14. The Hall–Kier alpha value is -2.37. The average molecular weight is 262 g/mol. The van der Waals surface area contributed by atoms with E-state index in [-0.39, 0.29) is 12.4 Å². The summed E-state index contributed by atoms with van der Waals surface area (Å²) in [7, 11) is 1.61. The maximum absolute atomic E-state index is 11.4. The maximum Gasteiger partial charge on any atom is 0.379 e. The van der Waals surface area contributed by atoms with Crippen molar-refractivity contribution in [1.29, 1.82) is 0 Å². The first kappa shape index (κ1) is 13.1. The lowest BCUT2D eigenvalue weighted by Crippen LogP contribution is -2.06. The fourth-order valence-electron chi connectivity index (χ4n) is 1.52. The van der Waals surface area contributed by atoms with Crippen LogP contribution in [-0.2, 0) is 11.2 Å². The summed E-state index contributed by atoms with van der Waals surface area (Å²) in [6.07, 6.45) is 0.455. The second-order valence-corrected chi connectivity index (χ2v) is 3.76. The Labute approximate surface area is 110 Å². The molecule has 0 fully saturated rings. The number of benzene rings is 1. The Morgan fingerprint density at radius 2 is 2.05 bits per heavy atom. The van der Waals surface area contributed by atoms with Gasteiger partial charge in [0.15, 0.2) is 0 Å². The van der Waals surface area contributed by atoms with Crippen molar-refractivity contribution in [2.45, 2.75) is 13.3 Å². The van der Waals surface area contributed by atoms with E-state index in [9.17, 15) is 4.79 Å². The molecule has 1 aromatic carbocycles. The third-order valence-electron chi connectivity index (χ3n) is 2.44. The van der Waals surface area contributed by atoms with Gasteiger partial charge < -0.3 is 14.0 Å². The van der Waals surface area contributed by atoms with Gasteiger partial charge in [0, 0.05) is 0 Å². The molecule has 1 heterocycles. The van der Waals surface area contributed by atoms with Crippen molar-refractivity contribution in [2.24, 2.45) is 0 Å². The molecule has 0 aliphatic rings. The van der Waals surface area contributed by atoms with Crippen molar-refractivity contribution in [1.82, 2.24) is 10.1 Å². The van der Waals surface area contributed by atoms with E-state index in [0.29, 0.717) is 12.3 Å². The molecule has 0 aliphatic heterocycles. The van der Waals surface area contributed by atoms with Crippen molar-refractivity contribution in [3.05, 3.63) is 41.5 Å². The van der Waals surface area contributed by atoms with Crippen molar-refractivity contribution >= 4 is 5.97 Å². The van der Waals surface area contributed by atoms with Crippen LogP contribution in [0, 0.1) is 0 Å². The predicted octanol–water partition coefficient (Wildman–Crippen LogP) is 1.85. The minimum atomic E-state index is -0.577. The van der Waals surface area contributed by atoms with Gasteiger partial charge in [-0.2, -0.15) is 4.98 Å². The van der Waals surface area contributed by atoms with Gasteiger partial charge in [-0.15, -0.1) is 0 Å². The van der Waals surface area contributed by atoms with Crippen molar-refractivity contribution in [3.63, 3.8) is 0 Å². The molecule has 0 radical (unpaired) electrons. The van der Waals surface area contributed by atoms with E-state index in [4.69, 9.17) is 14.0 Å². The number of hydrogen-bond acceptors (Lipinski definition) is 6. The van der Waals surface area contributed by atoms with Gasteiger partial charge in [-0.3, -0.25) is 0 Å². The quantitative estimate of drug-likeness (QED) is 0.765. The van der Waals surface area contributed by atoms with E-state index >= 15 is 0 Å². The molecular weight excluding hydrogens is 248 g/mol. The van der Waals surface area contributed by atoms with E-state index in [1.807, 2.05) is 24.3 Å². The van der Waals surface area contributed by atoms with Crippen LogP contribution in [0.4, 0.5) is 0 Å². The lowest BCUT2D eigenvalue weighted by Gasteiger charge is -2.00. The van der Waals surface area contributed by atoms with Gasteiger partial charge in [0.2, 0.25) is 5.89 Å². The maximum atomic E-state index is 11.4. The summed E-state index contributed by atoms with van der Waals surface area (Å²) in [4.78, 5) is 15.4. The van der Waals surface area contributed by atoms with E-state index in [1.54, 1.807) is 14.0 Å². The number of ether oxygens (including phenoxy) is 2. The second kappa shape index (κ2) is 5.99. The van der Waals surface area contributed by atoms with Crippen LogP contribution in [0.2, 0.25) is 0 Å². The molecule has 19 heavy (non-hydrogen) atoms. The zero-order valence-corrected chi connectivity index (χ0v) is 10.8. The lowest BCUT2D eigenvalue weighted by atomic mass is 10.1. The van der Waals surface area contributed by atoms with Crippen LogP contribution in [0.15, 0.2) is 28.8 Å². The summed E-state index contributed by atoms with van der Waals surface area (Å²) < 4.78 is 14.8. The Kier molecular flexibility index (Phi) is 4.12. The highest BCUT2D eigenvalue weighted by molar-refractivity contribution is 5.84. The molecule has 0 aliphatic carbocycles. The van der Waals surface area contributed by atoms with Gasteiger partial charge in [0.05, 0.1) is 20.1 Å². The normalized spacial score (nSPS) is 10.2. The Morgan fingerprint density at radius 3 is 2.68 bits per heavy atom. The molecule has 0 atom stereocenters. The first-order valence-electron chi connectivity index (χ1n) is 5.85. The average Bonchev–Trinajstić information content (AvgIpc) is 2.88. The van der Waals surface area contributed by atoms with Gasteiger partial charge in [0.25, 0.3) is 5.82 Å². The van der Waals surface area contributed by atoms with E-state index in [1.165, 1.54) is 0 Å². The smallest absolute Gasteiger partial charge is 0.379 e. The number of methoxy groups -OCH3 is 1. The number of hydrogen-bond donors (Lipinski definition) is 0. The summed E-state index contributed by atoms with van der Waals surface area (Å²) in [5, 5.41) is 3.58. The number of esters is 1. The molecule has 6 nitrogen and oxygen atoms in total. The van der Waals surface area contributed by atoms with Crippen LogP contribution < -0.4 is 4.74 Å². The first-order chi connectivity index (χ1) is 9.22. The third kappa shape index (κ3) is 3.31. The van der Waals surface area contributed by atoms with Crippen LogP contribution >= 0.6 is 0 Å². The van der Waals surface area contributed by atoms with Gasteiger partial charge in [-0.05, 0) is 29.8 Å². The zero-order valence-electron chi connectivity index (χ0n) is 10.8. The number of carbonyl (C=O) groups is 1. The molecule has 100 valence electrons. The number of aromatic nitrogens is 2. The molecule has 0 saturated carbocycles. The summed E-state index contributed by atoms with van der Waals surface area (Å²) in [6, 6.07) is 7.48. The van der Waals surface area contributed by atoms with Gasteiger partial charge >= 0.3 is 5.97 Å². The molecule has 2 aromatic rings. The summed E-state index contributed by atoms with van der Waals surface area (Å²) in [5.74, 6) is 0.521. The van der Waals surface area contributed by atoms with E-state index < -0.39 is 5.97 Å². The molecular formula is C13H14N2O4. The van der Waals surface area contributed by atoms with Crippen molar-refractivity contribution < 1.29 is 18.8 Å². The SMILES string of the molecule is CCOC(=O)c1noc(Cc2ccc(OC)cc2)n1. The first-order valence-corrected chi connectivity index (χ1v) is 5.85. The molecule has 6 heteroatoms. The zero-order chi connectivity index (χ0) is 13.7. The minimum Gasteiger partial charge on any atom is -0.497 e. The molecule has 0 unspecified atom stereocenters. The Bertz CT molecular complexity index is 548. The molecule has 0 saturated heterocycles. The summed E-state index contributed by atoms with van der Waals surface area (Å²) in [5.41, 5.74) is 0.986. The van der Waals surface area contributed by atoms with Crippen LogP contribution in [-0.4, -0.2) is 29.8 Å². The van der Waals surface area contributed by atoms with Crippen LogP contribution in [0.25, 0.3) is 0 Å². The molecule has 1 aromatic heterocycles. The lowest BCUT2D eigenvalue weighted by molar-refractivity contribution is 0.0508. The van der Waals surface area contributed by atoms with Crippen LogP contribution in [0.5, 0.6) is 5.75 Å². The Morgan fingerprint density at radius 1 is 1.32 bits per heavy atom. The van der Waals surface area contributed by atoms with Crippen molar-refractivity contribution in [2.75, 3.05) is 13.7 Å². The van der Waals surface area contributed by atoms with Gasteiger partial charge in [-0.25, -0.2) is 4.79 Å². The standard InChI is InChI=1S/C13H14N2O4/c1-3-18-13(16)12-14-11(19-15-12)8-9-4-6-10(17-2)7-5-9/h4-7H,3,8H2,1-2H3. The fraction of sp³-hybridized carbons (Fsp3) is 0.308. The number of rotatable bonds is 5. The highest BCUT2D eigenvalue weighted by Gasteiger charge is 2.15. The van der Waals surface area contributed by atoms with Crippen LogP contribution in [0.3, 0.4) is 0 Å². The minimum absolute atomic E-state index is 0.0506. The second-order valence-electron chi connectivity index (χ2n) is 3.76. The third-order valence-corrected chi connectivity index (χ3v) is 2.44. The summed E-state index contributed by atoms with van der Waals surface area (Å²) in [6.45, 7) is 2.00. The number of nitrogens with zero attached hydrogens (tertiary/aromatic N) is 2. The van der Waals surface area contributed by atoms with Crippen molar-refractivity contribution in [3.8, 4) is 5.75 Å². The molecule has 0 amide bonds. The largest absolute Gasteiger partial charge is 0.497 e. The Balaban J connectivity index is 2.04. The van der Waals surface area contributed by atoms with Gasteiger partial charge in [-0.1, -0.05) is 12.1 Å². The van der Waals surface area contributed by atoms with E-state index in [0.717, 1.165) is 11.3 Å². The number of carbonyl (C=O) groups excluding carboxylic acids is 1. The molecule has 0 bridgehead atoms. The van der Waals surface area contributed by atoms with E-state index in [2.05, 4.69) is 10.1 Å². The molecule has 0 N–H and O–H groups in total. The van der Waals surface area contributed by atoms with Crippen LogP contribution in [0.1, 0.15) is 29.0 Å². The van der Waals surface area contributed by atoms with Gasteiger partial charge in [0.1, 0.15) is 5.75 Å². The molecule has 2 rings (SSSR count). The predicted molar refractivity (Wildman–Crippen MR) is 66.1 cm³/mol.